The molecule has 1 fully saturated rings. The molecule has 1 saturated heterocycles. The van der Waals surface area contributed by atoms with Gasteiger partial charge in [0.2, 0.25) is 11.8 Å². The first kappa shape index (κ1) is 20.1. The third-order valence-electron chi connectivity index (χ3n) is 4.21. The van der Waals surface area contributed by atoms with Crippen molar-refractivity contribution < 1.29 is 32.7 Å². The van der Waals surface area contributed by atoms with Gasteiger partial charge in [0.1, 0.15) is 0 Å². The number of alkyl halides is 3. The Morgan fingerprint density at radius 2 is 2.08 bits per heavy atom. The molecule has 11 heteroatoms. The van der Waals surface area contributed by atoms with Crippen molar-refractivity contribution in [2.75, 3.05) is 18.4 Å². The molecule has 0 radical (unpaired) electrons. The second kappa shape index (κ2) is 7.22. The molecular formula is C15H18F3N3O4S. The molecule has 1 aliphatic heterocycles. The number of carboxylic acid groups (broad SMARTS) is 1. The van der Waals surface area contributed by atoms with Crippen LogP contribution in [0.4, 0.5) is 18.3 Å². The molecule has 0 aromatic carbocycles. The monoisotopic (exact) mass is 393 g/mol. The number of carbonyl (C=O) groups excluding carboxylic acids is 2. The minimum Gasteiger partial charge on any atom is -0.481 e. The van der Waals surface area contributed by atoms with Crippen molar-refractivity contribution in [3.05, 3.63) is 11.1 Å². The Balaban J connectivity index is 2.02. The zero-order valence-electron chi connectivity index (χ0n) is 14.1. The molecule has 0 bridgehead atoms. The number of carbonyl (C=O) groups is 3. The van der Waals surface area contributed by atoms with Crippen molar-refractivity contribution in [1.29, 1.82) is 0 Å². The number of likely N-dealkylation sites (tertiary alicyclic amines) is 1. The second-order valence-corrected chi connectivity index (χ2v) is 7.27. The number of aliphatic carboxylic acids is 1. The first-order valence-electron chi connectivity index (χ1n) is 7.79. The molecule has 2 rings (SSSR count). The van der Waals surface area contributed by atoms with Gasteiger partial charge in [-0.15, -0.1) is 11.3 Å². The van der Waals surface area contributed by atoms with Crippen LogP contribution in [-0.4, -0.2) is 52.0 Å². The Kier molecular flexibility index (Phi) is 5.59. The number of aromatic nitrogens is 1. The first-order valence-corrected chi connectivity index (χ1v) is 8.67. The molecule has 2 amide bonds. The maximum Gasteiger partial charge on any atom is 0.406 e. The van der Waals surface area contributed by atoms with Gasteiger partial charge in [0.25, 0.3) is 0 Å². The number of amides is 2. The summed E-state index contributed by atoms with van der Waals surface area (Å²) in [7, 11) is 0. The third kappa shape index (κ3) is 3.97. The number of carboxylic acids is 1. The van der Waals surface area contributed by atoms with E-state index in [0.29, 0.717) is 10.8 Å². The van der Waals surface area contributed by atoms with E-state index in [-0.39, 0.29) is 24.8 Å². The Hall–Kier alpha value is -2.17. The highest BCUT2D eigenvalue weighted by Crippen LogP contribution is 2.45. The molecular weight excluding hydrogens is 375 g/mol. The van der Waals surface area contributed by atoms with E-state index in [2.05, 4.69) is 10.3 Å². The molecule has 1 aromatic rings. The van der Waals surface area contributed by atoms with Gasteiger partial charge in [0.15, 0.2) is 10.5 Å². The number of thiazole rings is 1. The van der Waals surface area contributed by atoms with Crippen molar-refractivity contribution in [2.45, 2.75) is 32.9 Å². The van der Waals surface area contributed by atoms with Crippen molar-refractivity contribution >= 4 is 34.3 Å². The standard InChI is InChI=1S/C15H18F3N3O4S/c1-8(2)11(23)20-13-19-9(6-26-13)5-10(22)21-4-3-14(7-21,12(24)25)15(16,17)18/h6,8H,3-5,7H2,1-2H3,(H,24,25)(H,19,20,23). The Morgan fingerprint density at radius 1 is 1.42 bits per heavy atom. The Morgan fingerprint density at radius 3 is 2.58 bits per heavy atom. The van der Waals surface area contributed by atoms with E-state index < -0.39 is 36.4 Å². The van der Waals surface area contributed by atoms with Gasteiger partial charge in [-0.3, -0.25) is 14.4 Å². The van der Waals surface area contributed by atoms with Crippen molar-refractivity contribution in [3.8, 4) is 0 Å². The molecule has 0 saturated carbocycles. The molecule has 1 atom stereocenters. The summed E-state index contributed by atoms with van der Waals surface area (Å²) in [5.74, 6) is -3.11. The maximum atomic E-state index is 13.2. The zero-order chi connectivity index (χ0) is 19.7. The minimum absolute atomic E-state index is 0.242. The van der Waals surface area contributed by atoms with Crippen LogP contribution < -0.4 is 5.32 Å². The summed E-state index contributed by atoms with van der Waals surface area (Å²) in [6.45, 7) is 2.21. The predicted molar refractivity (Wildman–Crippen MR) is 86.6 cm³/mol. The van der Waals surface area contributed by atoms with Gasteiger partial charge in [-0.1, -0.05) is 13.8 Å². The number of halogens is 3. The van der Waals surface area contributed by atoms with Gasteiger partial charge in [0.05, 0.1) is 12.1 Å². The largest absolute Gasteiger partial charge is 0.481 e. The van der Waals surface area contributed by atoms with E-state index in [0.717, 1.165) is 16.2 Å². The lowest BCUT2D eigenvalue weighted by Crippen LogP contribution is -2.47. The second-order valence-electron chi connectivity index (χ2n) is 6.42. The number of nitrogens with zero attached hydrogens (tertiary/aromatic N) is 2. The van der Waals surface area contributed by atoms with Crippen LogP contribution in [0.25, 0.3) is 0 Å². The highest BCUT2D eigenvalue weighted by atomic mass is 32.1. The predicted octanol–water partition coefficient (Wildman–Crippen LogP) is 2.15. The normalized spacial score (nSPS) is 20.5. The van der Waals surface area contributed by atoms with E-state index in [4.69, 9.17) is 5.11 Å². The van der Waals surface area contributed by atoms with Crippen LogP contribution in [0.5, 0.6) is 0 Å². The van der Waals surface area contributed by atoms with E-state index in [1.807, 2.05) is 0 Å². The lowest BCUT2D eigenvalue weighted by atomic mass is 9.86. The molecule has 144 valence electrons. The third-order valence-corrected chi connectivity index (χ3v) is 5.02. The van der Waals surface area contributed by atoms with Crippen LogP contribution in [0.2, 0.25) is 0 Å². The van der Waals surface area contributed by atoms with Gasteiger partial charge >= 0.3 is 12.1 Å². The average Bonchev–Trinajstić information content (AvgIpc) is 3.14. The van der Waals surface area contributed by atoms with Gasteiger partial charge in [-0.25, -0.2) is 4.98 Å². The highest BCUT2D eigenvalue weighted by molar-refractivity contribution is 7.13. The SMILES string of the molecule is CC(C)C(=O)Nc1nc(CC(=O)N2CCC(C(=O)O)(C(F)(F)F)C2)cs1. The number of hydrogen-bond donors (Lipinski definition) is 2. The molecule has 26 heavy (non-hydrogen) atoms. The highest BCUT2D eigenvalue weighted by Gasteiger charge is 2.64. The molecule has 0 aliphatic carbocycles. The summed E-state index contributed by atoms with van der Waals surface area (Å²) in [5, 5.41) is 13.4. The van der Waals surface area contributed by atoms with E-state index >= 15 is 0 Å². The number of hydrogen-bond acceptors (Lipinski definition) is 5. The number of anilines is 1. The first-order chi connectivity index (χ1) is 12.0. The Labute approximate surface area is 151 Å². The smallest absolute Gasteiger partial charge is 0.406 e. The minimum atomic E-state index is -4.94. The molecule has 7 nitrogen and oxygen atoms in total. The van der Waals surface area contributed by atoms with E-state index in [1.54, 1.807) is 13.8 Å². The van der Waals surface area contributed by atoms with E-state index in [9.17, 15) is 27.6 Å². The topological polar surface area (TPSA) is 99.6 Å². The van der Waals surface area contributed by atoms with Gasteiger partial charge < -0.3 is 15.3 Å². The lowest BCUT2D eigenvalue weighted by Gasteiger charge is -2.27. The van der Waals surface area contributed by atoms with Crippen LogP contribution in [0.1, 0.15) is 26.0 Å². The van der Waals surface area contributed by atoms with Crippen LogP contribution in [0.15, 0.2) is 5.38 Å². The van der Waals surface area contributed by atoms with Crippen LogP contribution in [0.3, 0.4) is 0 Å². The van der Waals surface area contributed by atoms with Gasteiger partial charge in [0, 0.05) is 24.4 Å². The molecule has 1 aromatic heterocycles. The van der Waals surface area contributed by atoms with Crippen LogP contribution >= 0.6 is 11.3 Å². The summed E-state index contributed by atoms with van der Waals surface area (Å²) in [4.78, 5) is 39.9. The number of nitrogens with one attached hydrogen (secondary N) is 1. The quantitative estimate of drug-likeness (QED) is 0.799. The fourth-order valence-electron chi connectivity index (χ4n) is 2.51. The van der Waals surface area contributed by atoms with Crippen molar-refractivity contribution in [3.63, 3.8) is 0 Å². The van der Waals surface area contributed by atoms with Gasteiger partial charge in [-0.05, 0) is 6.42 Å². The van der Waals surface area contributed by atoms with E-state index in [1.165, 1.54) is 5.38 Å². The fourth-order valence-corrected chi connectivity index (χ4v) is 3.23. The van der Waals surface area contributed by atoms with Gasteiger partial charge in [-0.2, -0.15) is 13.2 Å². The maximum absolute atomic E-state index is 13.2. The Bertz CT molecular complexity index is 719. The van der Waals surface area contributed by atoms with Crippen molar-refractivity contribution in [2.24, 2.45) is 11.3 Å². The van der Waals surface area contributed by atoms with Crippen molar-refractivity contribution in [1.82, 2.24) is 9.88 Å². The summed E-state index contributed by atoms with van der Waals surface area (Å²) >= 11 is 1.10. The van der Waals surface area contributed by atoms with Crippen LogP contribution in [-0.2, 0) is 20.8 Å². The summed E-state index contributed by atoms with van der Waals surface area (Å²) in [6, 6.07) is 0. The molecule has 0 spiro atoms. The molecule has 1 unspecified atom stereocenters. The summed E-state index contributed by atoms with van der Waals surface area (Å²) < 4.78 is 39.5. The molecule has 2 heterocycles. The lowest BCUT2D eigenvalue weighted by molar-refractivity contribution is -0.227. The number of rotatable bonds is 5. The zero-order valence-corrected chi connectivity index (χ0v) is 14.9. The molecule has 2 N–H and O–H groups in total. The van der Waals surface area contributed by atoms with Crippen LogP contribution in [0, 0.1) is 11.3 Å². The molecule has 1 aliphatic rings. The fraction of sp³-hybridized carbons (Fsp3) is 0.600. The summed E-state index contributed by atoms with van der Waals surface area (Å²) in [5.41, 5.74) is -2.62. The average molecular weight is 393 g/mol. The summed E-state index contributed by atoms with van der Waals surface area (Å²) in [6.07, 6.45) is -5.88.